The summed E-state index contributed by atoms with van der Waals surface area (Å²) in [5.74, 6) is 0.666. The lowest BCUT2D eigenvalue weighted by Crippen LogP contribution is -2.27. The van der Waals surface area contributed by atoms with Crippen molar-refractivity contribution in [3.8, 4) is 5.88 Å². The maximum absolute atomic E-state index is 8.57. The summed E-state index contributed by atoms with van der Waals surface area (Å²) in [5, 5.41) is 14.7. The molecule has 0 aliphatic heterocycles. The minimum atomic E-state index is -0.0814. The van der Waals surface area contributed by atoms with Crippen LogP contribution in [0.5, 0.6) is 5.88 Å². The monoisotopic (exact) mass is 252 g/mol. The number of nitrogens with zero attached hydrogens (tertiary/aromatic N) is 2. The van der Waals surface area contributed by atoms with Crippen LogP contribution in [0.1, 0.15) is 20.8 Å². The summed E-state index contributed by atoms with van der Waals surface area (Å²) in [7, 11) is 0. The Balaban J connectivity index is 2.67. The number of rotatable bonds is 6. The van der Waals surface area contributed by atoms with Crippen LogP contribution < -0.4 is 15.8 Å². The van der Waals surface area contributed by atoms with Gasteiger partial charge in [-0.15, -0.1) is 0 Å². The van der Waals surface area contributed by atoms with E-state index in [1.54, 1.807) is 6.20 Å². The van der Waals surface area contributed by atoms with Crippen LogP contribution in [0.25, 0.3) is 0 Å². The Kier molecular flexibility index (Phi) is 5.23. The van der Waals surface area contributed by atoms with Crippen molar-refractivity contribution in [3.05, 3.63) is 18.3 Å². The second kappa shape index (κ2) is 6.68. The summed E-state index contributed by atoms with van der Waals surface area (Å²) in [6.45, 7) is 6.28. The van der Waals surface area contributed by atoms with Crippen molar-refractivity contribution < 1.29 is 9.94 Å². The number of aromatic nitrogens is 1. The predicted molar refractivity (Wildman–Crippen MR) is 71.1 cm³/mol. The SMILES string of the molecule is CC(C)Oc1ncccc1NCC(C)C(N)=NO. The van der Waals surface area contributed by atoms with E-state index in [4.69, 9.17) is 15.7 Å². The maximum atomic E-state index is 8.57. The molecule has 0 amide bonds. The normalized spacial score (nSPS) is 13.4. The van der Waals surface area contributed by atoms with Gasteiger partial charge in [0.25, 0.3) is 0 Å². The number of hydrogen-bond donors (Lipinski definition) is 3. The van der Waals surface area contributed by atoms with Crippen molar-refractivity contribution in [3.63, 3.8) is 0 Å². The molecule has 1 heterocycles. The first kappa shape index (κ1) is 14.1. The molecule has 1 aromatic rings. The van der Waals surface area contributed by atoms with E-state index in [-0.39, 0.29) is 17.9 Å². The third kappa shape index (κ3) is 4.12. The second-order valence-corrected chi connectivity index (χ2v) is 4.33. The van der Waals surface area contributed by atoms with Gasteiger partial charge in [0.15, 0.2) is 0 Å². The first-order chi connectivity index (χ1) is 8.54. The Morgan fingerprint density at radius 1 is 1.56 bits per heavy atom. The number of ether oxygens (including phenoxy) is 1. The average Bonchev–Trinajstić information content (AvgIpc) is 2.35. The van der Waals surface area contributed by atoms with E-state index >= 15 is 0 Å². The molecule has 100 valence electrons. The van der Waals surface area contributed by atoms with Gasteiger partial charge in [0.05, 0.1) is 11.8 Å². The minimum absolute atomic E-state index is 0.0574. The molecule has 1 aromatic heterocycles. The van der Waals surface area contributed by atoms with Gasteiger partial charge in [-0.3, -0.25) is 0 Å². The average molecular weight is 252 g/mol. The van der Waals surface area contributed by atoms with Gasteiger partial charge < -0.3 is 21.0 Å². The summed E-state index contributed by atoms with van der Waals surface area (Å²) >= 11 is 0. The van der Waals surface area contributed by atoms with Gasteiger partial charge in [-0.2, -0.15) is 0 Å². The molecular formula is C12H20N4O2. The summed E-state index contributed by atoms with van der Waals surface area (Å²) < 4.78 is 5.58. The van der Waals surface area contributed by atoms with Crippen LogP contribution >= 0.6 is 0 Å². The molecule has 0 saturated heterocycles. The van der Waals surface area contributed by atoms with Gasteiger partial charge in [0, 0.05) is 18.7 Å². The highest BCUT2D eigenvalue weighted by molar-refractivity contribution is 5.82. The van der Waals surface area contributed by atoms with E-state index in [1.165, 1.54) is 0 Å². The Labute approximate surface area is 107 Å². The molecule has 1 rings (SSSR count). The van der Waals surface area contributed by atoms with Gasteiger partial charge in [0.2, 0.25) is 5.88 Å². The molecule has 0 saturated carbocycles. The molecule has 4 N–H and O–H groups in total. The largest absolute Gasteiger partial charge is 0.473 e. The van der Waals surface area contributed by atoms with Crippen molar-refractivity contribution in [1.82, 2.24) is 4.98 Å². The molecule has 6 nitrogen and oxygen atoms in total. The molecule has 1 unspecified atom stereocenters. The smallest absolute Gasteiger partial charge is 0.237 e. The summed E-state index contributed by atoms with van der Waals surface area (Å²) in [6.07, 6.45) is 1.73. The molecule has 6 heteroatoms. The number of nitrogens with two attached hydrogens (primary N) is 1. The van der Waals surface area contributed by atoms with Gasteiger partial charge in [0.1, 0.15) is 5.84 Å². The highest BCUT2D eigenvalue weighted by atomic mass is 16.5. The van der Waals surface area contributed by atoms with E-state index in [9.17, 15) is 0 Å². The molecule has 0 aliphatic carbocycles. The molecule has 0 radical (unpaired) electrons. The Morgan fingerprint density at radius 3 is 2.89 bits per heavy atom. The highest BCUT2D eigenvalue weighted by Crippen LogP contribution is 2.21. The first-order valence-electron chi connectivity index (χ1n) is 5.87. The number of amidine groups is 1. The van der Waals surface area contributed by atoms with Gasteiger partial charge >= 0.3 is 0 Å². The first-order valence-corrected chi connectivity index (χ1v) is 5.87. The summed E-state index contributed by atoms with van der Waals surface area (Å²) in [5.41, 5.74) is 6.31. The zero-order valence-electron chi connectivity index (χ0n) is 10.9. The van der Waals surface area contributed by atoms with Crippen LogP contribution in [-0.2, 0) is 0 Å². The molecule has 1 atom stereocenters. The molecule has 0 fully saturated rings. The topological polar surface area (TPSA) is 92.8 Å². The Morgan fingerprint density at radius 2 is 2.28 bits per heavy atom. The predicted octanol–water partition coefficient (Wildman–Crippen LogP) is 1.66. The molecular weight excluding hydrogens is 232 g/mol. The number of hydrogen-bond acceptors (Lipinski definition) is 5. The minimum Gasteiger partial charge on any atom is -0.473 e. The van der Waals surface area contributed by atoms with E-state index in [0.717, 1.165) is 5.69 Å². The molecule has 0 bridgehead atoms. The lowest BCUT2D eigenvalue weighted by molar-refractivity contribution is 0.234. The van der Waals surface area contributed by atoms with Crippen molar-refractivity contribution in [2.24, 2.45) is 16.8 Å². The van der Waals surface area contributed by atoms with Crippen LogP contribution in [0.15, 0.2) is 23.5 Å². The van der Waals surface area contributed by atoms with Crippen LogP contribution in [0, 0.1) is 5.92 Å². The van der Waals surface area contributed by atoms with Gasteiger partial charge in [-0.25, -0.2) is 4.98 Å². The van der Waals surface area contributed by atoms with Crippen LogP contribution in [0.3, 0.4) is 0 Å². The lowest BCUT2D eigenvalue weighted by Gasteiger charge is -2.16. The van der Waals surface area contributed by atoms with E-state index in [2.05, 4.69) is 15.5 Å². The fraction of sp³-hybridized carbons (Fsp3) is 0.500. The molecule has 0 spiro atoms. The van der Waals surface area contributed by atoms with Crippen molar-refractivity contribution in [1.29, 1.82) is 0 Å². The number of pyridine rings is 1. The number of anilines is 1. The van der Waals surface area contributed by atoms with Crippen LogP contribution in [-0.4, -0.2) is 28.7 Å². The standard InChI is InChI=1S/C12H20N4O2/c1-8(2)18-12-10(5-4-6-14-12)15-7-9(3)11(13)16-17/h4-6,8-9,15,17H,7H2,1-3H3,(H2,13,16). The van der Waals surface area contributed by atoms with Gasteiger partial charge in [-0.1, -0.05) is 12.1 Å². The summed E-state index contributed by atoms with van der Waals surface area (Å²) in [6, 6.07) is 3.70. The third-order valence-corrected chi connectivity index (χ3v) is 2.34. The van der Waals surface area contributed by atoms with Gasteiger partial charge in [-0.05, 0) is 26.0 Å². The van der Waals surface area contributed by atoms with E-state index in [0.29, 0.717) is 12.4 Å². The number of oxime groups is 1. The third-order valence-electron chi connectivity index (χ3n) is 2.34. The molecule has 18 heavy (non-hydrogen) atoms. The quantitative estimate of drug-likeness (QED) is 0.310. The fourth-order valence-electron chi connectivity index (χ4n) is 1.31. The highest BCUT2D eigenvalue weighted by Gasteiger charge is 2.10. The zero-order chi connectivity index (χ0) is 13.5. The van der Waals surface area contributed by atoms with E-state index in [1.807, 2.05) is 32.9 Å². The second-order valence-electron chi connectivity index (χ2n) is 4.33. The summed E-state index contributed by atoms with van der Waals surface area (Å²) in [4.78, 5) is 4.17. The van der Waals surface area contributed by atoms with E-state index < -0.39 is 0 Å². The molecule has 0 aliphatic rings. The lowest BCUT2D eigenvalue weighted by atomic mass is 10.1. The fourth-order valence-corrected chi connectivity index (χ4v) is 1.31. The Bertz CT molecular complexity index is 407. The van der Waals surface area contributed by atoms with Crippen LogP contribution in [0.4, 0.5) is 5.69 Å². The number of nitrogens with one attached hydrogen (secondary N) is 1. The zero-order valence-corrected chi connectivity index (χ0v) is 10.9. The Hall–Kier alpha value is -1.98. The van der Waals surface area contributed by atoms with Crippen molar-refractivity contribution in [2.75, 3.05) is 11.9 Å². The molecule has 0 aromatic carbocycles. The maximum Gasteiger partial charge on any atom is 0.237 e. The van der Waals surface area contributed by atoms with Crippen molar-refractivity contribution >= 4 is 11.5 Å². The van der Waals surface area contributed by atoms with Crippen molar-refractivity contribution in [2.45, 2.75) is 26.9 Å². The van der Waals surface area contributed by atoms with Crippen LogP contribution in [0.2, 0.25) is 0 Å².